The quantitative estimate of drug-likeness (QED) is 0.832. The molecule has 0 saturated heterocycles. The average Bonchev–Trinajstić information content (AvgIpc) is 2.51. The Morgan fingerprint density at radius 2 is 2.04 bits per heavy atom. The molecule has 1 aromatic rings. The highest BCUT2D eigenvalue weighted by Crippen LogP contribution is 2.28. The van der Waals surface area contributed by atoms with E-state index in [1.54, 1.807) is 0 Å². The van der Waals surface area contributed by atoms with E-state index >= 15 is 0 Å². The van der Waals surface area contributed by atoms with E-state index in [1.165, 1.54) is 11.1 Å². The van der Waals surface area contributed by atoms with E-state index in [2.05, 4.69) is 38.6 Å². The summed E-state index contributed by atoms with van der Waals surface area (Å²) in [6.07, 6.45) is 2.12. The molecule has 0 bridgehead atoms. The normalized spacial score (nSPS) is 29.0. The maximum atomic E-state index is 10.1. The van der Waals surface area contributed by atoms with Crippen LogP contribution in [0.25, 0.3) is 0 Å². The molecule has 0 saturated carbocycles. The Labute approximate surface area is 139 Å². The van der Waals surface area contributed by atoms with Gasteiger partial charge in [-0.2, -0.15) is 0 Å². The maximum absolute atomic E-state index is 10.1. The lowest BCUT2D eigenvalue weighted by Gasteiger charge is -2.33. The van der Waals surface area contributed by atoms with E-state index < -0.39 is 6.10 Å². The monoisotopic (exact) mass is 316 g/mol. The van der Waals surface area contributed by atoms with Crippen molar-refractivity contribution in [3.8, 4) is 0 Å². The molecule has 1 aliphatic heterocycles. The molecule has 3 heteroatoms. The summed E-state index contributed by atoms with van der Waals surface area (Å²) in [7, 11) is 0. The Balaban J connectivity index is 1.94. The minimum Gasteiger partial charge on any atom is -0.492 e. The Kier molecular flexibility index (Phi) is 6.43. The van der Waals surface area contributed by atoms with Gasteiger partial charge in [-0.3, -0.25) is 0 Å². The lowest BCUT2D eigenvalue weighted by molar-refractivity contribution is -0.0282. The van der Waals surface area contributed by atoms with E-state index in [0.717, 1.165) is 0 Å². The Hall–Kier alpha value is -1.58. The van der Waals surface area contributed by atoms with Gasteiger partial charge >= 0.3 is 0 Å². The zero-order valence-corrected chi connectivity index (χ0v) is 14.4. The van der Waals surface area contributed by atoms with Crippen LogP contribution in [0.15, 0.2) is 54.3 Å². The van der Waals surface area contributed by atoms with Crippen LogP contribution in [0.4, 0.5) is 0 Å². The fraction of sp³-hybridized carbons (Fsp3) is 0.500. The molecule has 0 spiro atoms. The van der Waals surface area contributed by atoms with Crippen LogP contribution in [0.2, 0.25) is 0 Å². The zero-order valence-electron chi connectivity index (χ0n) is 14.4. The number of rotatable bonds is 5. The number of hydrogen-bond acceptors (Lipinski definition) is 3. The first-order valence-electron chi connectivity index (χ1n) is 8.30. The molecule has 0 aromatic heterocycles. The topological polar surface area (TPSA) is 38.7 Å². The molecular weight excluding hydrogens is 288 g/mol. The van der Waals surface area contributed by atoms with Crippen LogP contribution in [0.1, 0.15) is 32.8 Å². The van der Waals surface area contributed by atoms with Gasteiger partial charge in [-0.05, 0) is 12.5 Å². The lowest BCUT2D eigenvalue weighted by Crippen LogP contribution is -2.34. The van der Waals surface area contributed by atoms with Crippen molar-refractivity contribution in [3.05, 3.63) is 59.9 Å². The fourth-order valence-electron chi connectivity index (χ4n) is 3.06. The molecule has 0 unspecified atom stereocenters. The summed E-state index contributed by atoms with van der Waals surface area (Å²) in [6.45, 7) is 11.4. The second kappa shape index (κ2) is 8.32. The van der Waals surface area contributed by atoms with Gasteiger partial charge in [0.1, 0.15) is 18.0 Å². The Morgan fingerprint density at radius 1 is 1.35 bits per heavy atom. The van der Waals surface area contributed by atoms with Gasteiger partial charge in [-0.1, -0.05) is 62.4 Å². The first-order chi connectivity index (χ1) is 11.0. The summed E-state index contributed by atoms with van der Waals surface area (Å²) in [5.41, 5.74) is 2.35. The van der Waals surface area contributed by atoms with E-state index in [4.69, 9.17) is 9.47 Å². The number of benzene rings is 1. The third kappa shape index (κ3) is 5.22. The minimum atomic E-state index is -0.626. The summed E-state index contributed by atoms with van der Waals surface area (Å²) >= 11 is 0. The molecule has 1 heterocycles. The van der Waals surface area contributed by atoms with E-state index in [-0.39, 0.29) is 17.9 Å². The summed E-state index contributed by atoms with van der Waals surface area (Å²) in [4.78, 5) is 0. The van der Waals surface area contributed by atoms with Gasteiger partial charge in [0, 0.05) is 18.3 Å². The van der Waals surface area contributed by atoms with Crippen molar-refractivity contribution in [2.45, 2.75) is 46.0 Å². The third-order valence-electron chi connectivity index (χ3n) is 4.29. The SMILES string of the molecule is C=C1O[C@H]([C@H](C)COCc2ccccc2)[C@H](C)/C=C(/C)C[C@H]1O. The molecule has 3 nitrogen and oxygen atoms in total. The molecule has 0 aliphatic carbocycles. The molecular formula is C20H28O3. The molecule has 1 N–H and O–H groups in total. The van der Waals surface area contributed by atoms with Crippen LogP contribution in [0, 0.1) is 11.8 Å². The van der Waals surface area contributed by atoms with Crippen molar-refractivity contribution in [3.63, 3.8) is 0 Å². The second-order valence-corrected chi connectivity index (χ2v) is 6.62. The van der Waals surface area contributed by atoms with Crippen molar-refractivity contribution in [1.29, 1.82) is 0 Å². The van der Waals surface area contributed by atoms with Gasteiger partial charge in [0.2, 0.25) is 0 Å². The second-order valence-electron chi connectivity index (χ2n) is 6.62. The number of ether oxygens (including phenoxy) is 2. The number of hydrogen-bond donors (Lipinski definition) is 1. The zero-order chi connectivity index (χ0) is 16.8. The molecule has 23 heavy (non-hydrogen) atoms. The Morgan fingerprint density at radius 3 is 2.74 bits per heavy atom. The molecule has 0 amide bonds. The van der Waals surface area contributed by atoms with Crippen molar-refractivity contribution in [1.82, 2.24) is 0 Å². The number of aliphatic hydroxyl groups is 1. The molecule has 1 aromatic carbocycles. The molecule has 2 rings (SSSR count). The standard InChI is InChI=1S/C20H28O3/c1-14-10-15(2)20(23-17(4)19(21)11-14)16(3)12-22-13-18-8-6-5-7-9-18/h5-10,15-16,19-21H,4,11-13H2,1-3H3/b14-10-/t15-,16-,19-,20+/m1/s1. The first-order valence-corrected chi connectivity index (χ1v) is 8.30. The fourth-order valence-corrected chi connectivity index (χ4v) is 3.06. The smallest absolute Gasteiger partial charge is 0.118 e. The van der Waals surface area contributed by atoms with Gasteiger partial charge in [0.25, 0.3) is 0 Å². The largest absolute Gasteiger partial charge is 0.492 e. The van der Waals surface area contributed by atoms with Crippen LogP contribution in [0.5, 0.6) is 0 Å². The first kappa shape index (κ1) is 17.8. The van der Waals surface area contributed by atoms with Crippen molar-refractivity contribution in [2.24, 2.45) is 11.8 Å². The van der Waals surface area contributed by atoms with Crippen LogP contribution >= 0.6 is 0 Å². The van der Waals surface area contributed by atoms with Gasteiger partial charge in [0.05, 0.1) is 13.2 Å². The van der Waals surface area contributed by atoms with Crippen LogP contribution in [0.3, 0.4) is 0 Å². The lowest BCUT2D eigenvalue weighted by atomic mass is 9.89. The van der Waals surface area contributed by atoms with Crippen LogP contribution < -0.4 is 0 Å². The predicted molar refractivity (Wildman–Crippen MR) is 92.8 cm³/mol. The third-order valence-corrected chi connectivity index (χ3v) is 4.29. The van der Waals surface area contributed by atoms with Gasteiger partial charge < -0.3 is 14.6 Å². The van der Waals surface area contributed by atoms with Crippen molar-refractivity contribution < 1.29 is 14.6 Å². The van der Waals surface area contributed by atoms with E-state index in [0.29, 0.717) is 25.4 Å². The molecule has 4 atom stereocenters. The van der Waals surface area contributed by atoms with Crippen molar-refractivity contribution >= 4 is 0 Å². The average molecular weight is 316 g/mol. The predicted octanol–water partition coefficient (Wildman–Crippen LogP) is 4.09. The summed E-state index contributed by atoms with van der Waals surface area (Å²) in [5, 5.41) is 10.1. The van der Waals surface area contributed by atoms with Gasteiger partial charge in [0.15, 0.2) is 0 Å². The van der Waals surface area contributed by atoms with Crippen LogP contribution in [-0.2, 0) is 16.1 Å². The van der Waals surface area contributed by atoms with Crippen LogP contribution in [-0.4, -0.2) is 23.9 Å². The highest BCUT2D eigenvalue weighted by molar-refractivity contribution is 5.13. The van der Waals surface area contributed by atoms with Gasteiger partial charge in [-0.15, -0.1) is 0 Å². The highest BCUT2D eigenvalue weighted by atomic mass is 16.5. The van der Waals surface area contributed by atoms with Crippen molar-refractivity contribution in [2.75, 3.05) is 6.61 Å². The van der Waals surface area contributed by atoms with E-state index in [9.17, 15) is 5.11 Å². The molecule has 0 fully saturated rings. The highest BCUT2D eigenvalue weighted by Gasteiger charge is 2.28. The molecule has 1 aliphatic rings. The van der Waals surface area contributed by atoms with E-state index in [1.807, 2.05) is 25.1 Å². The summed E-state index contributed by atoms with van der Waals surface area (Å²) in [6, 6.07) is 10.2. The molecule has 126 valence electrons. The minimum absolute atomic E-state index is 0.0387. The summed E-state index contributed by atoms with van der Waals surface area (Å²) < 4.78 is 11.8. The maximum Gasteiger partial charge on any atom is 0.118 e. The molecule has 0 radical (unpaired) electrons. The van der Waals surface area contributed by atoms with Gasteiger partial charge in [-0.25, -0.2) is 0 Å². The number of aliphatic hydroxyl groups excluding tert-OH is 1. The Bertz CT molecular complexity index is 535. The summed E-state index contributed by atoms with van der Waals surface area (Å²) in [5.74, 6) is 0.929.